The molecule has 0 bridgehead atoms. The van der Waals surface area contributed by atoms with Gasteiger partial charge in [-0.2, -0.15) is 0 Å². The van der Waals surface area contributed by atoms with E-state index in [1.54, 1.807) is 0 Å². The first-order valence-electron chi connectivity index (χ1n) is 5.56. The highest BCUT2D eigenvalue weighted by Gasteiger charge is 2.11. The number of nitrogens with zero attached hydrogens (tertiary/aromatic N) is 1. The second-order valence-electron chi connectivity index (χ2n) is 4.20. The molecular formula is C14H12Br2ClN. The molecule has 94 valence electrons. The Labute approximate surface area is 129 Å². The van der Waals surface area contributed by atoms with E-state index in [1.165, 1.54) is 0 Å². The highest BCUT2D eigenvalue weighted by atomic mass is 79.9. The average Bonchev–Trinajstić information content (AvgIpc) is 2.31. The van der Waals surface area contributed by atoms with Gasteiger partial charge in [0.05, 0.1) is 5.38 Å². The second kappa shape index (κ2) is 6.18. The van der Waals surface area contributed by atoms with Gasteiger partial charge in [0.25, 0.3) is 0 Å². The Morgan fingerprint density at radius 3 is 2.39 bits per heavy atom. The third kappa shape index (κ3) is 3.81. The van der Waals surface area contributed by atoms with E-state index in [0.717, 1.165) is 32.2 Å². The van der Waals surface area contributed by atoms with Crippen LogP contribution in [0.1, 0.15) is 22.2 Å². The van der Waals surface area contributed by atoms with Gasteiger partial charge in [0.15, 0.2) is 0 Å². The van der Waals surface area contributed by atoms with Crippen molar-refractivity contribution in [3.05, 3.63) is 62.3 Å². The summed E-state index contributed by atoms with van der Waals surface area (Å²) in [5, 5.41) is -0.0750. The van der Waals surface area contributed by atoms with Gasteiger partial charge in [-0.15, -0.1) is 11.6 Å². The fraction of sp³-hybridized carbons (Fsp3) is 0.214. The van der Waals surface area contributed by atoms with Crippen molar-refractivity contribution in [2.24, 2.45) is 0 Å². The molecule has 1 heterocycles. The Morgan fingerprint density at radius 2 is 1.83 bits per heavy atom. The van der Waals surface area contributed by atoms with Crippen LogP contribution in [0.3, 0.4) is 0 Å². The number of hydrogen-bond acceptors (Lipinski definition) is 1. The summed E-state index contributed by atoms with van der Waals surface area (Å²) in [6, 6.07) is 10.2. The third-order valence-electron chi connectivity index (χ3n) is 2.61. The number of alkyl halides is 1. The van der Waals surface area contributed by atoms with Crippen LogP contribution in [-0.4, -0.2) is 4.98 Å². The summed E-state index contributed by atoms with van der Waals surface area (Å²) in [5.41, 5.74) is 3.26. The van der Waals surface area contributed by atoms with Crippen molar-refractivity contribution in [3.63, 3.8) is 0 Å². The predicted octanol–water partition coefficient (Wildman–Crippen LogP) is 5.44. The molecule has 2 aromatic rings. The first kappa shape index (κ1) is 14.0. The number of benzene rings is 1. The van der Waals surface area contributed by atoms with E-state index in [2.05, 4.69) is 42.9 Å². The van der Waals surface area contributed by atoms with Gasteiger partial charge >= 0.3 is 0 Å². The molecule has 4 heteroatoms. The summed E-state index contributed by atoms with van der Waals surface area (Å²) in [6.07, 6.45) is 2.60. The Morgan fingerprint density at radius 1 is 1.17 bits per heavy atom. The van der Waals surface area contributed by atoms with Crippen molar-refractivity contribution in [3.8, 4) is 0 Å². The van der Waals surface area contributed by atoms with E-state index in [4.69, 9.17) is 11.6 Å². The number of halogens is 3. The Kier molecular flexibility index (Phi) is 4.82. The maximum Gasteiger partial charge on any atom is 0.0641 e. The minimum Gasteiger partial charge on any atom is -0.261 e. The monoisotopic (exact) mass is 387 g/mol. The van der Waals surface area contributed by atoms with Crippen molar-refractivity contribution in [2.45, 2.75) is 18.7 Å². The van der Waals surface area contributed by atoms with E-state index in [0.29, 0.717) is 0 Å². The van der Waals surface area contributed by atoms with Crippen LogP contribution >= 0.6 is 43.5 Å². The highest BCUT2D eigenvalue weighted by Crippen LogP contribution is 2.29. The minimum absolute atomic E-state index is 0.0750. The van der Waals surface area contributed by atoms with Gasteiger partial charge in [-0.25, -0.2) is 0 Å². The maximum atomic E-state index is 6.44. The second-order valence-corrected chi connectivity index (χ2v) is 6.56. The Balaban J connectivity index is 2.16. The summed E-state index contributed by atoms with van der Waals surface area (Å²) in [4.78, 5) is 4.38. The molecule has 0 spiro atoms. The van der Waals surface area contributed by atoms with E-state index in [1.807, 2.05) is 37.4 Å². The molecule has 2 rings (SSSR count). The number of hydrogen-bond donors (Lipinski definition) is 0. The zero-order chi connectivity index (χ0) is 13.1. The lowest BCUT2D eigenvalue weighted by Crippen LogP contribution is -1.98. The molecule has 18 heavy (non-hydrogen) atoms. The lowest BCUT2D eigenvalue weighted by molar-refractivity contribution is 0.877. The molecule has 0 saturated carbocycles. The van der Waals surface area contributed by atoms with Crippen LogP contribution < -0.4 is 0 Å². The minimum atomic E-state index is -0.0750. The van der Waals surface area contributed by atoms with Crippen LogP contribution in [0.5, 0.6) is 0 Å². The zero-order valence-corrected chi connectivity index (χ0v) is 13.8. The summed E-state index contributed by atoms with van der Waals surface area (Å²) >= 11 is 13.4. The molecule has 0 amide bonds. The molecular weight excluding hydrogens is 377 g/mol. The Hall–Kier alpha value is -0.380. The number of rotatable bonds is 3. The standard InChI is InChI=1S/C14H12Br2ClN/c1-9-2-3-13(18-8-9)7-14(17)10-4-11(15)6-12(16)5-10/h2-6,8,14H,7H2,1H3. The van der Waals surface area contributed by atoms with Gasteiger partial charge in [0, 0.05) is 27.3 Å². The zero-order valence-electron chi connectivity index (χ0n) is 9.83. The summed E-state index contributed by atoms with van der Waals surface area (Å²) in [7, 11) is 0. The topological polar surface area (TPSA) is 12.9 Å². The van der Waals surface area contributed by atoms with Crippen LogP contribution in [0.2, 0.25) is 0 Å². The smallest absolute Gasteiger partial charge is 0.0641 e. The van der Waals surface area contributed by atoms with E-state index in [9.17, 15) is 0 Å². The normalized spacial score (nSPS) is 12.4. The lowest BCUT2D eigenvalue weighted by Gasteiger charge is -2.10. The fourth-order valence-corrected chi connectivity index (χ4v) is 3.29. The summed E-state index contributed by atoms with van der Waals surface area (Å²) < 4.78 is 2.05. The van der Waals surface area contributed by atoms with Crippen molar-refractivity contribution >= 4 is 43.5 Å². The van der Waals surface area contributed by atoms with Crippen LogP contribution in [0.4, 0.5) is 0 Å². The molecule has 0 N–H and O–H groups in total. The Bertz CT molecular complexity index is 520. The van der Waals surface area contributed by atoms with E-state index in [-0.39, 0.29) is 5.38 Å². The van der Waals surface area contributed by atoms with E-state index >= 15 is 0 Å². The van der Waals surface area contributed by atoms with Crippen molar-refractivity contribution in [1.29, 1.82) is 0 Å². The van der Waals surface area contributed by atoms with E-state index < -0.39 is 0 Å². The van der Waals surface area contributed by atoms with Crippen LogP contribution in [0.25, 0.3) is 0 Å². The molecule has 0 radical (unpaired) electrons. The van der Waals surface area contributed by atoms with Gasteiger partial charge in [-0.3, -0.25) is 4.98 Å². The van der Waals surface area contributed by atoms with Crippen LogP contribution in [0, 0.1) is 6.92 Å². The molecule has 0 aliphatic carbocycles. The number of pyridine rings is 1. The molecule has 0 aliphatic heterocycles. The van der Waals surface area contributed by atoms with Crippen molar-refractivity contribution < 1.29 is 0 Å². The summed E-state index contributed by atoms with van der Waals surface area (Å²) in [5.74, 6) is 0. The largest absolute Gasteiger partial charge is 0.261 e. The van der Waals surface area contributed by atoms with Gasteiger partial charge < -0.3 is 0 Å². The first-order chi connectivity index (χ1) is 8.54. The molecule has 1 atom stereocenters. The molecule has 1 nitrogen and oxygen atoms in total. The van der Waals surface area contributed by atoms with Gasteiger partial charge in [0.2, 0.25) is 0 Å². The molecule has 1 aromatic carbocycles. The molecule has 0 saturated heterocycles. The molecule has 0 aliphatic rings. The van der Waals surface area contributed by atoms with Gasteiger partial charge in [-0.05, 0) is 42.3 Å². The SMILES string of the molecule is Cc1ccc(CC(Cl)c2cc(Br)cc(Br)c2)nc1. The number of aromatic nitrogens is 1. The predicted molar refractivity (Wildman–Crippen MR) is 83.1 cm³/mol. The van der Waals surface area contributed by atoms with Crippen molar-refractivity contribution in [2.75, 3.05) is 0 Å². The quantitative estimate of drug-likeness (QED) is 0.637. The van der Waals surface area contributed by atoms with Crippen molar-refractivity contribution in [1.82, 2.24) is 4.98 Å². The molecule has 1 unspecified atom stereocenters. The molecule has 1 aromatic heterocycles. The van der Waals surface area contributed by atoms with Gasteiger partial charge in [0.1, 0.15) is 0 Å². The highest BCUT2D eigenvalue weighted by molar-refractivity contribution is 9.11. The summed E-state index contributed by atoms with van der Waals surface area (Å²) in [6.45, 7) is 2.03. The average molecular weight is 390 g/mol. The van der Waals surface area contributed by atoms with Crippen LogP contribution in [-0.2, 0) is 6.42 Å². The third-order valence-corrected chi connectivity index (χ3v) is 3.93. The number of aryl methyl sites for hydroxylation is 1. The fourth-order valence-electron chi connectivity index (χ4n) is 1.68. The maximum absolute atomic E-state index is 6.44. The molecule has 0 fully saturated rings. The first-order valence-corrected chi connectivity index (χ1v) is 7.58. The van der Waals surface area contributed by atoms with Crippen LogP contribution in [0.15, 0.2) is 45.5 Å². The lowest BCUT2D eigenvalue weighted by atomic mass is 10.1. The van der Waals surface area contributed by atoms with Gasteiger partial charge in [-0.1, -0.05) is 37.9 Å².